The van der Waals surface area contributed by atoms with Crippen LogP contribution < -0.4 is 0 Å². The van der Waals surface area contributed by atoms with E-state index < -0.39 is 0 Å². The van der Waals surface area contributed by atoms with E-state index in [0.717, 1.165) is 5.56 Å². The number of halogens is 1. The molecule has 0 saturated heterocycles. The van der Waals surface area contributed by atoms with Gasteiger partial charge in [-0.25, -0.2) is 4.39 Å². The highest BCUT2D eigenvalue weighted by molar-refractivity contribution is 5.41. The van der Waals surface area contributed by atoms with Gasteiger partial charge in [0.2, 0.25) is 0 Å². The first-order valence-corrected chi connectivity index (χ1v) is 5.49. The monoisotopic (exact) mass is 243 g/mol. The molecule has 4 nitrogen and oxygen atoms in total. The van der Waals surface area contributed by atoms with E-state index in [-0.39, 0.29) is 11.6 Å². The number of aromatic hydroxyl groups is 1. The van der Waals surface area contributed by atoms with Crippen LogP contribution in [0, 0.1) is 5.82 Å². The molecule has 0 radical (unpaired) electrons. The molecule has 1 aromatic carbocycles. The molecule has 3 aromatic rings. The molecule has 0 aliphatic carbocycles. The smallest absolute Gasteiger partial charge is 0.161 e. The van der Waals surface area contributed by atoms with Crippen molar-refractivity contribution in [1.29, 1.82) is 0 Å². The molecule has 0 bridgehead atoms. The van der Waals surface area contributed by atoms with Crippen LogP contribution in [0.1, 0.15) is 11.4 Å². The lowest BCUT2D eigenvalue weighted by Gasteiger charge is -2.01. The van der Waals surface area contributed by atoms with Crippen LogP contribution in [0.25, 0.3) is 5.65 Å². The third kappa shape index (κ3) is 1.90. The number of pyridine rings is 1. The van der Waals surface area contributed by atoms with Gasteiger partial charge in [0.1, 0.15) is 17.4 Å². The van der Waals surface area contributed by atoms with Gasteiger partial charge in [0.25, 0.3) is 0 Å². The van der Waals surface area contributed by atoms with E-state index in [1.807, 2.05) is 0 Å². The van der Waals surface area contributed by atoms with Crippen molar-refractivity contribution in [2.75, 3.05) is 0 Å². The number of benzene rings is 1. The minimum absolute atomic E-state index is 0.155. The Labute approximate surface area is 102 Å². The zero-order valence-corrected chi connectivity index (χ0v) is 9.42. The number of rotatable bonds is 2. The Morgan fingerprint density at radius 1 is 1.06 bits per heavy atom. The number of hydrogen-bond acceptors (Lipinski definition) is 3. The highest BCUT2D eigenvalue weighted by atomic mass is 19.1. The van der Waals surface area contributed by atoms with Crippen molar-refractivity contribution in [2.45, 2.75) is 6.42 Å². The maximum absolute atomic E-state index is 12.8. The van der Waals surface area contributed by atoms with Crippen LogP contribution in [0.3, 0.4) is 0 Å². The van der Waals surface area contributed by atoms with Crippen molar-refractivity contribution in [3.63, 3.8) is 0 Å². The van der Waals surface area contributed by atoms with Gasteiger partial charge in [-0.2, -0.15) is 0 Å². The fourth-order valence-corrected chi connectivity index (χ4v) is 1.83. The zero-order chi connectivity index (χ0) is 12.5. The molecule has 90 valence electrons. The molecule has 18 heavy (non-hydrogen) atoms. The van der Waals surface area contributed by atoms with Crippen molar-refractivity contribution >= 4 is 5.65 Å². The number of fused-ring (bicyclic) bond motifs is 1. The van der Waals surface area contributed by atoms with Gasteiger partial charge in [0.05, 0.1) is 6.20 Å². The predicted molar refractivity (Wildman–Crippen MR) is 63.9 cm³/mol. The summed E-state index contributed by atoms with van der Waals surface area (Å²) in [5.74, 6) is 0.595. The SMILES string of the molecule is Oc1ccc2nnc(Cc3ccc(F)cc3)n2c1. The topological polar surface area (TPSA) is 50.4 Å². The number of nitrogens with zero attached hydrogens (tertiary/aromatic N) is 3. The van der Waals surface area contributed by atoms with Gasteiger partial charge in [-0.15, -0.1) is 10.2 Å². The van der Waals surface area contributed by atoms with E-state index in [4.69, 9.17) is 0 Å². The molecule has 2 heterocycles. The summed E-state index contributed by atoms with van der Waals surface area (Å²) in [6, 6.07) is 9.49. The molecule has 0 atom stereocenters. The lowest BCUT2D eigenvalue weighted by Crippen LogP contribution is -1.96. The molecule has 0 saturated carbocycles. The largest absolute Gasteiger partial charge is 0.506 e. The third-order valence-corrected chi connectivity index (χ3v) is 2.73. The average Bonchev–Trinajstić information content (AvgIpc) is 2.75. The van der Waals surface area contributed by atoms with Gasteiger partial charge in [0, 0.05) is 6.42 Å². The zero-order valence-electron chi connectivity index (χ0n) is 9.42. The van der Waals surface area contributed by atoms with Gasteiger partial charge in [-0.3, -0.25) is 4.40 Å². The molecular weight excluding hydrogens is 233 g/mol. The van der Waals surface area contributed by atoms with Crippen LogP contribution in [0.4, 0.5) is 4.39 Å². The normalized spacial score (nSPS) is 10.9. The molecule has 2 aromatic heterocycles. The first-order chi connectivity index (χ1) is 8.72. The van der Waals surface area contributed by atoms with Crippen molar-refractivity contribution < 1.29 is 9.50 Å². The molecule has 0 aliphatic heterocycles. The maximum atomic E-state index is 12.8. The van der Waals surface area contributed by atoms with Crippen molar-refractivity contribution in [2.24, 2.45) is 0 Å². The average molecular weight is 243 g/mol. The molecule has 0 spiro atoms. The quantitative estimate of drug-likeness (QED) is 0.750. The summed E-state index contributed by atoms with van der Waals surface area (Å²) >= 11 is 0. The minimum Gasteiger partial charge on any atom is -0.506 e. The van der Waals surface area contributed by atoms with E-state index in [9.17, 15) is 9.50 Å². The summed E-state index contributed by atoms with van der Waals surface area (Å²) in [6.45, 7) is 0. The summed E-state index contributed by atoms with van der Waals surface area (Å²) in [5.41, 5.74) is 1.61. The van der Waals surface area contributed by atoms with E-state index in [2.05, 4.69) is 10.2 Å². The van der Waals surface area contributed by atoms with Gasteiger partial charge in [-0.05, 0) is 29.8 Å². The molecule has 0 fully saturated rings. The van der Waals surface area contributed by atoms with E-state index >= 15 is 0 Å². The second kappa shape index (κ2) is 4.10. The molecule has 1 N–H and O–H groups in total. The molecule has 0 unspecified atom stereocenters. The fraction of sp³-hybridized carbons (Fsp3) is 0.0769. The highest BCUT2D eigenvalue weighted by Gasteiger charge is 2.06. The first-order valence-electron chi connectivity index (χ1n) is 5.49. The minimum atomic E-state index is -0.262. The Kier molecular flexibility index (Phi) is 2.44. The highest BCUT2D eigenvalue weighted by Crippen LogP contribution is 2.14. The van der Waals surface area contributed by atoms with Crippen LogP contribution in [0.15, 0.2) is 42.6 Å². The Bertz CT molecular complexity index is 691. The number of hydrogen-bond donors (Lipinski definition) is 1. The molecular formula is C13H10FN3O. The Hall–Kier alpha value is -2.43. The molecule has 0 aliphatic rings. The van der Waals surface area contributed by atoms with E-state index in [1.165, 1.54) is 12.1 Å². The second-order valence-electron chi connectivity index (χ2n) is 4.03. The van der Waals surface area contributed by atoms with Crippen molar-refractivity contribution in [1.82, 2.24) is 14.6 Å². The maximum Gasteiger partial charge on any atom is 0.161 e. The summed E-state index contributed by atoms with van der Waals surface area (Å²) in [6.07, 6.45) is 2.10. The van der Waals surface area contributed by atoms with Gasteiger partial charge in [0.15, 0.2) is 5.65 Å². The first kappa shape index (κ1) is 10.7. The van der Waals surface area contributed by atoms with E-state index in [1.54, 1.807) is 34.9 Å². The summed E-state index contributed by atoms with van der Waals surface area (Å²) in [4.78, 5) is 0. The Morgan fingerprint density at radius 2 is 1.83 bits per heavy atom. The van der Waals surface area contributed by atoms with Crippen LogP contribution >= 0.6 is 0 Å². The molecule has 5 heteroatoms. The van der Waals surface area contributed by atoms with Gasteiger partial charge >= 0.3 is 0 Å². The second-order valence-corrected chi connectivity index (χ2v) is 4.03. The molecule has 0 amide bonds. The van der Waals surface area contributed by atoms with Crippen molar-refractivity contribution in [3.05, 3.63) is 59.8 Å². The number of aromatic nitrogens is 3. The van der Waals surface area contributed by atoms with Crippen LogP contribution in [-0.4, -0.2) is 19.7 Å². The lowest BCUT2D eigenvalue weighted by atomic mass is 10.1. The van der Waals surface area contributed by atoms with Crippen LogP contribution in [0.2, 0.25) is 0 Å². The van der Waals surface area contributed by atoms with Crippen molar-refractivity contribution in [3.8, 4) is 5.75 Å². The Morgan fingerprint density at radius 3 is 2.61 bits per heavy atom. The summed E-state index contributed by atoms with van der Waals surface area (Å²) in [5, 5.41) is 17.5. The fourth-order valence-electron chi connectivity index (χ4n) is 1.83. The van der Waals surface area contributed by atoms with Gasteiger partial charge < -0.3 is 5.11 Å². The summed E-state index contributed by atoms with van der Waals surface area (Å²) < 4.78 is 14.5. The summed E-state index contributed by atoms with van der Waals surface area (Å²) in [7, 11) is 0. The van der Waals surface area contributed by atoms with Crippen LogP contribution in [-0.2, 0) is 6.42 Å². The van der Waals surface area contributed by atoms with Gasteiger partial charge in [-0.1, -0.05) is 12.1 Å². The third-order valence-electron chi connectivity index (χ3n) is 2.73. The molecule has 3 rings (SSSR count). The predicted octanol–water partition coefficient (Wildman–Crippen LogP) is 2.16. The lowest BCUT2D eigenvalue weighted by molar-refractivity contribution is 0.471. The standard InChI is InChI=1S/C13H10FN3O/c14-10-3-1-9(2-4-10)7-13-16-15-12-6-5-11(18)8-17(12)13/h1-6,8,18H,7H2. The Balaban J connectivity index is 1.99. The van der Waals surface area contributed by atoms with Crippen LogP contribution in [0.5, 0.6) is 5.75 Å². The van der Waals surface area contributed by atoms with E-state index in [0.29, 0.717) is 17.9 Å².